The van der Waals surface area contributed by atoms with Gasteiger partial charge in [0.05, 0.1) is 38.3 Å². The van der Waals surface area contributed by atoms with Gasteiger partial charge in [0.1, 0.15) is 30.8 Å². The van der Waals surface area contributed by atoms with E-state index in [-0.39, 0.29) is 6.10 Å². The number of rotatable bonds is 8. The molecule has 1 saturated heterocycles. The van der Waals surface area contributed by atoms with Crippen LogP contribution >= 0.6 is 0 Å². The molecule has 0 radical (unpaired) electrons. The van der Waals surface area contributed by atoms with Crippen LogP contribution in [-0.4, -0.2) is 49.6 Å². The van der Waals surface area contributed by atoms with Gasteiger partial charge < -0.3 is 23.7 Å². The summed E-state index contributed by atoms with van der Waals surface area (Å²) in [6, 6.07) is 17.1. The molecule has 1 aliphatic rings. The molecular weight excluding hydrogens is 384 g/mol. The van der Waals surface area contributed by atoms with E-state index in [2.05, 4.69) is 9.97 Å². The standard InChI is InChI=1S/C23H24N2O5/c1-26-23-13-20(30-16-21-15-27-10-11-28-21)12-22(25-23)17-5-7-19(8-6-17)29-14-18-4-2-3-9-24-18/h2-9,12-13,21H,10-11,14-16H2,1H3. The van der Waals surface area contributed by atoms with Crippen molar-refractivity contribution >= 4 is 0 Å². The van der Waals surface area contributed by atoms with Crippen LogP contribution in [-0.2, 0) is 16.1 Å². The molecule has 0 amide bonds. The van der Waals surface area contributed by atoms with Crippen LogP contribution in [0.25, 0.3) is 11.3 Å². The maximum atomic E-state index is 5.90. The number of hydrogen-bond acceptors (Lipinski definition) is 7. The highest BCUT2D eigenvalue weighted by Gasteiger charge is 2.16. The van der Waals surface area contributed by atoms with Gasteiger partial charge in [-0.15, -0.1) is 0 Å². The zero-order valence-corrected chi connectivity index (χ0v) is 16.8. The minimum atomic E-state index is -0.0723. The highest BCUT2D eigenvalue weighted by atomic mass is 16.6. The molecule has 0 spiro atoms. The van der Waals surface area contributed by atoms with E-state index >= 15 is 0 Å². The van der Waals surface area contributed by atoms with Crippen LogP contribution < -0.4 is 14.2 Å². The maximum absolute atomic E-state index is 5.90. The number of pyridine rings is 2. The van der Waals surface area contributed by atoms with Gasteiger partial charge in [-0.1, -0.05) is 6.07 Å². The van der Waals surface area contributed by atoms with Crippen molar-refractivity contribution in [2.24, 2.45) is 0 Å². The van der Waals surface area contributed by atoms with E-state index in [1.54, 1.807) is 19.4 Å². The Hall–Kier alpha value is -3.16. The molecular formula is C23H24N2O5. The predicted octanol–water partition coefficient (Wildman–Crippen LogP) is 3.53. The molecule has 3 aromatic rings. The van der Waals surface area contributed by atoms with E-state index < -0.39 is 0 Å². The second-order valence-corrected chi connectivity index (χ2v) is 6.74. The first kappa shape index (κ1) is 20.1. The summed E-state index contributed by atoms with van der Waals surface area (Å²) in [5.41, 5.74) is 2.56. The second kappa shape index (κ2) is 10.0. The first-order valence-electron chi connectivity index (χ1n) is 9.81. The maximum Gasteiger partial charge on any atom is 0.217 e. The summed E-state index contributed by atoms with van der Waals surface area (Å²) in [5.74, 6) is 1.92. The molecule has 2 aromatic heterocycles. The highest BCUT2D eigenvalue weighted by Crippen LogP contribution is 2.28. The average molecular weight is 408 g/mol. The van der Waals surface area contributed by atoms with E-state index in [4.69, 9.17) is 23.7 Å². The molecule has 0 saturated carbocycles. The highest BCUT2D eigenvalue weighted by molar-refractivity contribution is 5.62. The summed E-state index contributed by atoms with van der Waals surface area (Å²) in [7, 11) is 1.59. The fraction of sp³-hybridized carbons (Fsp3) is 0.304. The monoisotopic (exact) mass is 408 g/mol. The number of methoxy groups -OCH3 is 1. The van der Waals surface area contributed by atoms with Gasteiger partial charge >= 0.3 is 0 Å². The van der Waals surface area contributed by atoms with Crippen LogP contribution in [0.2, 0.25) is 0 Å². The molecule has 0 N–H and O–H groups in total. The third-order valence-corrected chi connectivity index (χ3v) is 4.57. The van der Waals surface area contributed by atoms with Crippen LogP contribution in [0.15, 0.2) is 60.8 Å². The van der Waals surface area contributed by atoms with Gasteiger partial charge in [-0.25, -0.2) is 4.98 Å². The smallest absolute Gasteiger partial charge is 0.217 e. The summed E-state index contributed by atoms with van der Waals surface area (Å²) >= 11 is 0. The zero-order chi connectivity index (χ0) is 20.6. The molecule has 1 aliphatic heterocycles. The zero-order valence-electron chi connectivity index (χ0n) is 16.8. The van der Waals surface area contributed by atoms with E-state index in [0.717, 1.165) is 22.7 Å². The first-order chi connectivity index (χ1) is 14.8. The largest absolute Gasteiger partial charge is 0.491 e. The predicted molar refractivity (Wildman–Crippen MR) is 111 cm³/mol. The topological polar surface area (TPSA) is 71.9 Å². The third-order valence-electron chi connectivity index (χ3n) is 4.57. The van der Waals surface area contributed by atoms with Crippen molar-refractivity contribution in [3.8, 4) is 28.6 Å². The summed E-state index contributed by atoms with van der Waals surface area (Å²) < 4.78 is 28.1. The van der Waals surface area contributed by atoms with Crippen LogP contribution in [0, 0.1) is 0 Å². The van der Waals surface area contributed by atoms with Crippen molar-refractivity contribution in [3.63, 3.8) is 0 Å². The molecule has 1 unspecified atom stereocenters. The number of ether oxygens (including phenoxy) is 5. The molecule has 1 aromatic carbocycles. The lowest BCUT2D eigenvalue weighted by Gasteiger charge is -2.23. The van der Waals surface area contributed by atoms with Crippen LogP contribution in [0.4, 0.5) is 0 Å². The number of hydrogen-bond donors (Lipinski definition) is 0. The lowest BCUT2D eigenvalue weighted by atomic mass is 10.1. The minimum Gasteiger partial charge on any atom is -0.491 e. The van der Waals surface area contributed by atoms with Crippen LogP contribution in [0.3, 0.4) is 0 Å². The Kier molecular flexibility index (Phi) is 6.74. The summed E-state index contributed by atoms with van der Waals surface area (Å²) in [5, 5.41) is 0. The Morgan fingerprint density at radius 3 is 2.63 bits per heavy atom. The van der Waals surface area contributed by atoms with Gasteiger partial charge in [0.25, 0.3) is 0 Å². The van der Waals surface area contributed by atoms with Crippen molar-refractivity contribution in [2.75, 3.05) is 33.5 Å². The first-order valence-corrected chi connectivity index (χ1v) is 9.81. The van der Waals surface area contributed by atoms with Crippen LogP contribution in [0.1, 0.15) is 5.69 Å². The number of aromatic nitrogens is 2. The van der Waals surface area contributed by atoms with Gasteiger partial charge in [0, 0.05) is 23.9 Å². The molecule has 3 heterocycles. The van der Waals surface area contributed by atoms with Crippen molar-refractivity contribution in [3.05, 3.63) is 66.5 Å². The van der Waals surface area contributed by atoms with Gasteiger partial charge in [0.15, 0.2) is 0 Å². The summed E-state index contributed by atoms with van der Waals surface area (Å²) in [4.78, 5) is 8.79. The second-order valence-electron chi connectivity index (χ2n) is 6.74. The molecule has 30 heavy (non-hydrogen) atoms. The minimum absolute atomic E-state index is 0.0723. The molecule has 1 fully saturated rings. The summed E-state index contributed by atoms with van der Waals surface area (Å²) in [6.07, 6.45) is 1.68. The van der Waals surface area contributed by atoms with E-state index in [9.17, 15) is 0 Å². The van der Waals surface area contributed by atoms with E-state index in [0.29, 0.717) is 44.7 Å². The lowest BCUT2D eigenvalue weighted by Crippen LogP contribution is -2.33. The molecule has 1 atom stereocenters. The average Bonchev–Trinajstić information content (AvgIpc) is 2.83. The van der Waals surface area contributed by atoms with Crippen molar-refractivity contribution in [2.45, 2.75) is 12.7 Å². The Morgan fingerprint density at radius 2 is 1.90 bits per heavy atom. The van der Waals surface area contributed by atoms with Gasteiger partial charge in [-0.2, -0.15) is 0 Å². The van der Waals surface area contributed by atoms with Gasteiger partial charge in [-0.3, -0.25) is 4.98 Å². The molecule has 156 valence electrons. The molecule has 7 heteroatoms. The Bertz CT molecular complexity index is 928. The van der Waals surface area contributed by atoms with Crippen molar-refractivity contribution in [1.82, 2.24) is 9.97 Å². The fourth-order valence-electron chi connectivity index (χ4n) is 3.00. The van der Waals surface area contributed by atoms with E-state index in [1.165, 1.54) is 0 Å². The summed E-state index contributed by atoms with van der Waals surface area (Å²) in [6.45, 7) is 2.59. The Labute approximate surface area is 175 Å². The van der Waals surface area contributed by atoms with Crippen molar-refractivity contribution < 1.29 is 23.7 Å². The molecule has 4 rings (SSSR count). The normalized spacial score (nSPS) is 16.1. The van der Waals surface area contributed by atoms with E-state index in [1.807, 2.05) is 48.5 Å². The molecule has 0 aliphatic carbocycles. The number of nitrogens with zero attached hydrogens (tertiary/aromatic N) is 2. The Morgan fingerprint density at radius 1 is 1.00 bits per heavy atom. The quantitative estimate of drug-likeness (QED) is 0.565. The molecule has 7 nitrogen and oxygen atoms in total. The third kappa shape index (κ3) is 5.46. The SMILES string of the molecule is COc1cc(OCC2COCCO2)cc(-c2ccc(OCc3ccccn3)cc2)n1. The van der Waals surface area contributed by atoms with Gasteiger partial charge in [0.2, 0.25) is 5.88 Å². The lowest BCUT2D eigenvalue weighted by molar-refractivity contribution is -0.101. The Balaban J connectivity index is 1.42. The fourth-order valence-corrected chi connectivity index (χ4v) is 3.00. The number of benzene rings is 1. The van der Waals surface area contributed by atoms with Crippen molar-refractivity contribution in [1.29, 1.82) is 0 Å². The molecule has 0 bridgehead atoms. The van der Waals surface area contributed by atoms with Crippen LogP contribution in [0.5, 0.6) is 17.4 Å². The van der Waals surface area contributed by atoms with Gasteiger partial charge in [-0.05, 0) is 36.4 Å².